The Morgan fingerprint density at radius 2 is 1.58 bits per heavy atom. The third kappa shape index (κ3) is 4.30. The number of hydrogen-bond donors (Lipinski definition) is 1. The number of carbonyl (C=O) groups is 2. The van der Waals surface area contributed by atoms with Crippen LogP contribution in [0, 0.1) is 0 Å². The summed E-state index contributed by atoms with van der Waals surface area (Å²) < 4.78 is 42.6. The quantitative estimate of drug-likeness (QED) is 0.898. The van der Waals surface area contributed by atoms with Crippen molar-refractivity contribution in [1.82, 2.24) is 9.80 Å². The summed E-state index contributed by atoms with van der Waals surface area (Å²) in [6, 6.07) is 5.82. The summed E-state index contributed by atoms with van der Waals surface area (Å²) in [6.07, 6.45) is -5.74. The smallest absolute Gasteiger partial charge is 0.471 e. The van der Waals surface area contributed by atoms with E-state index in [-0.39, 0.29) is 37.8 Å². The summed E-state index contributed by atoms with van der Waals surface area (Å²) in [5.41, 5.74) is 0. The Kier molecular flexibility index (Phi) is 5.20. The van der Waals surface area contributed by atoms with E-state index in [1.54, 1.807) is 0 Å². The molecule has 24 heavy (non-hydrogen) atoms. The van der Waals surface area contributed by atoms with E-state index in [9.17, 15) is 27.9 Å². The van der Waals surface area contributed by atoms with Crippen molar-refractivity contribution in [1.29, 1.82) is 0 Å². The average Bonchev–Trinajstić information content (AvgIpc) is 2.55. The Balaban J connectivity index is 1.88. The number of phenols is 1. The fourth-order valence-corrected chi connectivity index (χ4v) is 2.35. The Hall–Kier alpha value is -2.45. The fourth-order valence-electron chi connectivity index (χ4n) is 2.35. The zero-order chi connectivity index (χ0) is 17.9. The van der Waals surface area contributed by atoms with Gasteiger partial charge >= 0.3 is 12.1 Å². The summed E-state index contributed by atoms with van der Waals surface area (Å²) in [7, 11) is 0. The molecule has 2 amide bonds. The summed E-state index contributed by atoms with van der Waals surface area (Å²) >= 11 is 0. The van der Waals surface area contributed by atoms with E-state index in [2.05, 4.69) is 0 Å². The molecular formula is C15H17F3N2O4. The maximum absolute atomic E-state index is 12.4. The van der Waals surface area contributed by atoms with Gasteiger partial charge in [-0.2, -0.15) is 13.2 Å². The van der Waals surface area contributed by atoms with E-state index in [0.29, 0.717) is 10.6 Å². The first-order chi connectivity index (χ1) is 11.2. The molecule has 1 heterocycles. The largest absolute Gasteiger partial charge is 0.508 e. The molecule has 0 saturated carbocycles. The Morgan fingerprint density at radius 1 is 1.08 bits per heavy atom. The van der Waals surface area contributed by atoms with Gasteiger partial charge in [0.2, 0.25) is 0 Å². The van der Waals surface area contributed by atoms with Crippen molar-refractivity contribution in [2.24, 2.45) is 0 Å². The van der Waals surface area contributed by atoms with Gasteiger partial charge in [0, 0.05) is 26.2 Å². The number of amides is 2. The lowest BCUT2D eigenvalue weighted by atomic mass is 10.2. The second-order valence-corrected chi connectivity index (χ2v) is 5.37. The number of alkyl halides is 3. The molecule has 1 N–H and O–H groups in total. The minimum absolute atomic E-state index is 0.0178. The molecule has 1 aliphatic heterocycles. The predicted molar refractivity (Wildman–Crippen MR) is 77.4 cm³/mol. The number of carbonyl (C=O) groups excluding carboxylic acids is 2. The number of piperazine rings is 1. The van der Waals surface area contributed by atoms with E-state index in [1.165, 1.54) is 36.1 Å². The minimum Gasteiger partial charge on any atom is -0.508 e. The normalized spacial score (nSPS) is 16.7. The fraction of sp³-hybridized carbons (Fsp3) is 0.467. The van der Waals surface area contributed by atoms with Crippen LogP contribution in [0.5, 0.6) is 11.5 Å². The molecule has 132 valence electrons. The van der Waals surface area contributed by atoms with Gasteiger partial charge in [-0.1, -0.05) is 0 Å². The third-order valence-corrected chi connectivity index (χ3v) is 3.62. The van der Waals surface area contributed by atoms with Gasteiger partial charge in [0.25, 0.3) is 5.91 Å². The van der Waals surface area contributed by atoms with Crippen LogP contribution in [0.1, 0.15) is 6.92 Å². The topological polar surface area (TPSA) is 70.1 Å². The molecule has 1 unspecified atom stereocenters. The molecule has 2 rings (SSSR count). The highest BCUT2D eigenvalue weighted by atomic mass is 19.4. The van der Waals surface area contributed by atoms with Crippen molar-refractivity contribution >= 4 is 11.8 Å². The summed E-state index contributed by atoms with van der Waals surface area (Å²) in [5.74, 6) is -1.81. The van der Waals surface area contributed by atoms with Crippen LogP contribution in [0.25, 0.3) is 0 Å². The Labute approximate surface area is 136 Å². The number of hydrogen-bond acceptors (Lipinski definition) is 4. The first-order valence-electron chi connectivity index (χ1n) is 7.29. The molecule has 1 aromatic carbocycles. The van der Waals surface area contributed by atoms with Gasteiger partial charge in [-0.15, -0.1) is 0 Å². The van der Waals surface area contributed by atoms with Crippen LogP contribution in [0.4, 0.5) is 13.2 Å². The van der Waals surface area contributed by atoms with Gasteiger partial charge < -0.3 is 19.6 Å². The highest BCUT2D eigenvalue weighted by molar-refractivity contribution is 5.83. The molecule has 0 aliphatic carbocycles. The lowest BCUT2D eigenvalue weighted by molar-refractivity contribution is -0.187. The predicted octanol–water partition coefficient (Wildman–Crippen LogP) is 1.39. The standard InChI is InChI=1S/C15H17F3N2O4/c1-10(24-12-4-2-11(21)3-5-12)13(22)19-6-8-20(9-7-19)14(23)15(16,17)18/h2-5,10,21H,6-9H2,1H3. The van der Waals surface area contributed by atoms with Crippen LogP contribution in [0.3, 0.4) is 0 Å². The second-order valence-electron chi connectivity index (χ2n) is 5.37. The molecule has 9 heteroatoms. The lowest BCUT2D eigenvalue weighted by Crippen LogP contribution is -2.55. The van der Waals surface area contributed by atoms with Gasteiger partial charge in [-0.05, 0) is 31.2 Å². The molecule has 1 fully saturated rings. The highest BCUT2D eigenvalue weighted by Crippen LogP contribution is 2.20. The molecule has 0 bridgehead atoms. The monoisotopic (exact) mass is 346 g/mol. The molecule has 1 atom stereocenters. The van der Waals surface area contributed by atoms with Crippen LogP contribution in [-0.4, -0.2) is 65.2 Å². The van der Waals surface area contributed by atoms with Crippen LogP contribution in [0.15, 0.2) is 24.3 Å². The lowest BCUT2D eigenvalue weighted by Gasteiger charge is -2.36. The number of rotatable bonds is 3. The number of benzene rings is 1. The van der Waals surface area contributed by atoms with Gasteiger partial charge in [-0.25, -0.2) is 0 Å². The molecular weight excluding hydrogens is 329 g/mol. The first kappa shape index (κ1) is 17.9. The van der Waals surface area contributed by atoms with E-state index in [1.807, 2.05) is 0 Å². The number of phenolic OH excluding ortho intramolecular Hbond substituents is 1. The first-order valence-corrected chi connectivity index (χ1v) is 7.29. The SMILES string of the molecule is CC(Oc1ccc(O)cc1)C(=O)N1CCN(C(=O)C(F)(F)F)CC1. The van der Waals surface area contributed by atoms with E-state index in [0.717, 1.165) is 0 Å². The molecule has 1 aromatic rings. The van der Waals surface area contributed by atoms with Gasteiger partial charge in [0.15, 0.2) is 6.10 Å². The molecule has 6 nitrogen and oxygen atoms in total. The molecule has 0 radical (unpaired) electrons. The van der Waals surface area contributed by atoms with Crippen molar-refractivity contribution in [2.75, 3.05) is 26.2 Å². The van der Waals surface area contributed by atoms with E-state index < -0.39 is 18.2 Å². The van der Waals surface area contributed by atoms with Crippen molar-refractivity contribution < 1.29 is 32.6 Å². The maximum Gasteiger partial charge on any atom is 0.471 e. The van der Waals surface area contributed by atoms with Crippen molar-refractivity contribution in [3.05, 3.63) is 24.3 Å². The molecule has 0 spiro atoms. The molecule has 0 aromatic heterocycles. The average molecular weight is 346 g/mol. The van der Waals surface area contributed by atoms with Gasteiger partial charge in [0.05, 0.1) is 0 Å². The molecule has 1 aliphatic rings. The van der Waals surface area contributed by atoms with Gasteiger partial charge in [0.1, 0.15) is 11.5 Å². The van der Waals surface area contributed by atoms with E-state index >= 15 is 0 Å². The highest BCUT2D eigenvalue weighted by Gasteiger charge is 2.43. The summed E-state index contributed by atoms with van der Waals surface area (Å²) in [6.45, 7) is 1.22. The van der Waals surface area contributed by atoms with Crippen LogP contribution in [0.2, 0.25) is 0 Å². The zero-order valence-electron chi connectivity index (χ0n) is 12.9. The second kappa shape index (κ2) is 6.98. The zero-order valence-corrected chi connectivity index (χ0v) is 12.9. The minimum atomic E-state index is -4.90. The van der Waals surface area contributed by atoms with Crippen LogP contribution >= 0.6 is 0 Å². The van der Waals surface area contributed by atoms with Crippen molar-refractivity contribution in [3.63, 3.8) is 0 Å². The van der Waals surface area contributed by atoms with Crippen molar-refractivity contribution in [3.8, 4) is 11.5 Å². The number of nitrogens with zero attached hydrogens (tertiary/aromatic N) is 2. The number of aromatic hydroxyl groups is 1. The summed E-state index contributed by atoms with van der Waals surface area (Å²) in [4.78, 5) is 25.5. The van der Waals surface area contributed by atoms with E-state index in [4.69, 9.17) is 4.74 Å². The molecule has 1 saturated heterocycles. The number of ether oxygens (including phenoxy) is 1. The van der Waals surface area contributed by atoms with Crippen molar-refractivity contribution in [2.45, 2.75) is 19.2 Å². The maximum atomic E-state index is 12.4. The Bertz CT molecular complexity index is 596. The summed E-state index contributed by atoms with van der Waals surface area (Å²) in [5, 5.41) is 9.19. The van der Waals surface area contributed by atoms with Crippen LogP contribution < -0.4 is 4.74 Å². The number of halogens is 3. The van der Waals surface area contributed by atoms with Crippen LogP contribution in [-0.2, 0) is 9.59 Å². The third-order valence-electron chi connectivity index (χ3n) is 3.62. The van der Waals surface area contributed by atoms with Gasteiger partial charge in [-0.3, -0.25) is 9.59 Å². The Morgan fingerprint density at radius 3 is 2.08 bits per heavy atom.